The first-order valence-electron chi connectivity index (χ1n) is 11.3. The normalized spacial score (nSPS) is 11.9. The quantitative estimate of drug-likeness (QED) is 0.328. The predicted molar refractivity (Wildman–Crippen MR) is 132 cm³/mol. The van der Waals surface area contributed by atoms with E-state index in [1.807, 2.05) is 50.2 Å². The number of aliphatic hydroxyl groups is 1. The summed E-state index contributed by atoms with van der Waals surface area (Å²) in [6, 6.07) is 20.1. The molecule has 0 saturated carbocycles. The number of aryl methyl sites for hydroxylation is 1. The Balaban J connectivity index is 1.82. The lowest BCUT2D eigenvalue weighted by Crippen LogP contribution is -2.16. The van der Waals surface area contributed by atoms with Gasteiger partial charge in [0.1, 0.15) is 23.9 Å². The van der Waals surface area contributed by atoms with Gasteiger partial charge in [-0.2, -0.15) is 0 Å². The number of pyridine rings is 1. The fourth-order valence-corrected chi connectivity index (χ4v) is 3.42. The van der Waals surface area contributed by atoms with Crippen LogP contribution in [-0.4, -0.2) is 29.9 Å². The number of hydrogen-bond acceptors (Lipinski definition) is 5. The van der Waals surface area contributed by atoms with Crippen molar-refractivity contribution < 1.29 is 19.3 Å². The average molecular weight is 448 g/mol. The summed E-state index contributed by atoms with van der Waals surface area (Å²) < 4.78 is 17.6. The van der Waals surface area contributed by atoms with Crippen LogP contribution in [0.15, 0.2) is 73.0 Å². The highest BCUT2D eigenvalue weighted by atomic mass is 16.5. The number of aromatic nitrogens is 1. The van der Waals surface area contributed by atoms with Crippen LogP contribution in [0.5, 0.6) is 11.5 Å². The van der Waals surface area contributed by atoms with Gasteiger partial charge in [-0.1, -0.05) is 50.8 Å². The molecule has 0 fully saturated rings. The Hall–Kier alpha value is -3.31. The van der Waals surface area contributed by atoms with Gasteiger partial charge in [-0.15, -0.1) is 0 Å². The standard InChI is InChI=1S/C28H33NO4/c1-6-31-18-28(33-24-14-15-27(20(4)16-24)32-17-21(5)30)26-9-7-8-25(29-26)23-12-10-22(11-13-23)19(2)3/h7-16,19,28,30H,5-6,17-18H2,1-4H3. The zero-order valence-corrected chi connectivity index (χ0v) is 19.9. The lowest BCUT2D eigenvalue weighted by molar-refractivity contribution is 0.0540. The third-order valence-electron chi connectivity index (χ3n) is 5.27. The molecule has 2 aromatic carbocycles. The third-order valence-corrected chi connectivity index (χ3v) is 5.27. The molecule has 1 atom stereocenters. The van der Waals surface area contributed by atoms with Gasteiger partial charge in [0, 0.05) is 12.2 Å². The molecule has 174 valence electrons. The van der Waals surface area contributed by atoms with Crippen molar-refractivity contribution in [2.45, 2.75) is 39.7 Å². The van der Waals surface area contributed by atoms with Crippen LogP contribution < -0.4 is 9.47 Å². The van der Waals surface area contributed by atoms with Crippen molar-refractivity contribution in [1.29, 1.82) is 0 Å². The fraction of sp³-hybridized carbons (Fsp3) is 0.321. The first-order chi connectivity index (χ1) is 15.9. The Bertz CT molecular complexity index is 1060. The van der Waals surface area contributed by atoms with E-state index in [4.69, 9.17) is 19.2 Å². The molecule has 1 heterocycles. The van der Waals surface area contributed by atoms with Crippen LogP contribution in [0.1, 0.15) is 49.6 Å². The van der Waals surface area contributed by atoms with Gasteiger partial charge in [0.25, 0.3) is 0 Å². The Morgan fingerprint density at radius 3 is 2.45 bits per heavy atom. The maximum absolute atomic E-state index is 9.26. The molecule has 0 aliphatic heterocycles. The topological polar surface area (TPSA) is 60.8 Å². The zero-order valence-electron chi connectivity index (χ0n) is 19.9. The molecule has 1 unspecified atom stereocenters. The van der Waals surface area contributed by atoms with E-state index in [9.17, 15) is 5.11 Å². The largest absolute Gasteiger partial charge is 0.509 e. The van der Waals surface area contributed by atoms with Crippen LogP contribution in [0.2, 0.25) is 0 Å². The van der Waals surface area contributed by atoms with Gasteiger partial charge in [-0.3, -0.25) is 0 Å². The SMILES string of the molecule is C=C(O)COc1ccc(OC(COCC)c2cccc(-c3ccc(C(C)C)cc3)n2)cc1C. The Morgan fingerprint density at radius 1 is 1.06 bits per heavy atom. The van der Waals surface area contributed by atoms with E-state index in [1.54, 1.807) is 0 Å². The second kappa shape index (κ2) is 11.5. The minimum atomic E-state index is -0.358. The Kier molecular flexibility index (Phi) is 8.50. The second-order valence-electron chi connectivity index (χ2n) is 8.27. The number of nitrogens with zero attached hydrogens (tertiary/aromatic N) is 1. The lowest BCUT2D eigenvalue weighted by atomic mass is 10.0. The Labute approximate surface area is 196 Å². The van der Waals surface area contributed by atoms with Crippen LogP contribution >= 0.6 is 0 Å². The van der Waals surface area contributed by atoms with Gasteiger partial charge in [-0.05, 0) is 61.2 Å². The lowest BCUT2D eigenvalue weighted by Gasteiger charge is -2.20. The summed E-state index contributed by atoms with van der Waals surface area (Å²) >= 11 is 0. The molecule has 1 aromatic heterocycles. The van der Waals surface area contributed by atoms with Gasteiger partial charge in [0.05, 0.1) is 18.0 Å². The number of ether oxygens (including phenoxy) is 3. The van der Waals surface area contributed by atoms with E-state index in [-0.39, 0.29) is 18.5 Å². The second-order valence-corrected chi connectivity index (χ2v) is 8.27. The maximum Gasteiger partial charge on any atom is 0.164 e. The van der Waals surface area contributed by atoms with Gasteiger partial charge in [0.2, 0.25) is 0 Å². The van der Waals surface area contributed by atoms with Crippen molar-refractivity contribution in [3.63, 3.8) is 0 Å². The van der Waals surface area contributed by atoms with Crippen molar-refractivity contribution in [2.24, 2.45) is 0 Å². The van der Waals surface area contributed by atoms with Crippen LogP contribution in [0.25, 0.3) is 11.3 Å². The van der Waals surface area contributed by atoms with Gasteiger partial charge >= 0.3 is 0 Å². The molecule has 0 spiro atoms. The highest BCUT2D eigenvalue weighted by molar-refractivity contribution is 5.59. The van der Waals surface area contributed by atoms with E-state index >= 15 is 0 Å². The van der Waals surface area contributed by atoms with E-state index < -0.39 is 0 Å². The van der Waals surface area contributed by atoms with Crippen molar-refractivity contribution in [2.75, 3.05) is 19.8 Å². The number of hydrogen-bond donors (Lipinski definition) is 1. The first kappa shape index (κ1) is 24.3. The summed E-state index contributed by atoms with van der Waals surface area (Å²) in [6.07, 6.45) is -0.358. The summed E-state index contributed by atoms with van der Waals surface area (Å²) in [5.41, 5.74) is 4.98. The molecule has 0 bridgehead atoms. The van der Waals surface area contributed by atoms with Crippen LogP contribution in [-0.2, 0) is 4.74 Å². The molecule has 0 aliphatic carbocycles. The zero-order chi connectivity index (χ0) is 23.8. The molecule has 0 saturated heterocycles. The molecule has 5 heteroatoms. The van der Waals surface area contributed by atoms with Crippen LogP contribution in [0.3, 0.4) is 0 Å². The van der Waals surface area contributed by atoms with E-state index in [2.05, 4.69) is 44.7 Å². The van der Waals surface area contributed by atoms with Crippen LogP contribution in [0, 0.1) is 6.92 Å². The summed E-state index contributed by atoms with van der Waals surface area (Å²) in [4.78, 5) is 4.89. The number of aliphatic hydroxyl groups excluding tert-OH is 1. The summed E-state index contributed by atoms with van der Waals surface area (Å²) in [6.45, 7) is 12.7. The van der Waals surface area contributed by atoms with Crippen molar-refractivity contribution in [1.82, 2.24) is 4.98 Å². The Morgan fingerprint density at radius 2 is 1.82 bits per heavy atom. The van der Waals surface area contributed by atoms with E-state index in [1.165, 1.54) is 5.56 Å². The minimum Gasteiger partial charge on any atom is -0.509 e. The highest BCUT2D eigenvalue weighted by Gasteiger charge is 2.17. The summed E-state index contributed by atoms with van der Waals surface area (Å²) in [5.74, 6) is 1.84. The van der Waals surface area contributed by atoms with E-state index in [0.717, 1.165) is 22.5 Å². The predicted octanol–water partition coefficient (Wildman–Crippen LogP) is 6.79. The molecule has 5 nitrogen and oxygen atoms in total. The average Bonchev–Trinajstić information content (AvgIpc) is 2.81. The molecule has 33 heavy (non-hydrogen) atoms. The molecular formula is C28H33NO4. The summed E-state index contributed by atoms with van der Waals surface area (Å²) in [7, 11) is 0. The molecule has 3 aromatic rings. The first-order valence-corrected chi connectivity index (χ1v) is 11.3. The van der Waals surface area contributed by atoms with Crippen molar-refractivity contribution in [3.8, 4) is 22.8 Å². The van der Waals surface area contributed by atoms with Gasteiger partial charge in [-0.25, -0.2) is 4.98 Å². The fourth-order valence-electron chi connectivity index (χ4n) is 3.42. The molecule has 3 rings (SSSR count). The van der Waals surface area contributed by atoms with E-state index in [0.29, 0.717) is 30.6 Å². The van der Waals surface area contributed by atoms with Crippen molar-refractivity contribution >= 4 is 0 Å². The minimum absolute atomic E-state index is 0.0173. The maximum atomic E-state index is 9.26. The highest BCUT2D eigenvalue weighted by Crippen LogP contribution is 2.29. The smallest absolute Gasteiger partial charge is 0.164 e. The third kappa shape index (κ3) is 6.83. The summed E-state index contributed by atoms with van der Waals surface area (Å²) in [5, 5.41) is 9.26. The van der Waals surface area contributed by atoms with Crippen LogP contribution in [0.4, 0.5) is 0 Å². The molecule has 0 amide bonds. The molecular weight excluding hydrogens is 414 g/mol. The van der Waals surface area contributed by atoms with Gasteiger partial charge < -0.3 is 19.3 Å². The molecule has 0 radical (unpaired) electrons. The van der Waals surface area contributed by atoms with Gasteiger partial charge in [0.15, 0.2) is 6.10 Å². The number of benzene rings is 2. The molecule has 1 N–H and O–H groups in total. The monoisotopic (exact) mass is 447 g/mol. The molecule has 0 aliphatic rings. The van der Waals surface area contributed by atoms with Crippen molar-refractivity contribution in [3.05, 3.63) is 89.8 Å². The number of rotatable bonds is 11.